The first-order valence-electron chi connectivity index (χ1n) is 7.81. The second-order valence-corrected chi connectivity index (χ2v) is 5.44. The lowest BCUT2D eigenvalue weighted by atomic mass is 10.1. The number of carbonyl (C=O) groups excluding carboxylic acids is 1. The van der Waals surface area contributed by atoms with Gasteiger partial charge in [0.1, 0.15) is 5.75 Å². The van der Waals surface area contributed by atoms with E-state index in [1.807, 2.05) is 42.5 Å². The number of rotatable bonds is 6. The van der Waals surface area contributed by atoms with Crippen LogP contribution in [0.4, 0.5) is 0 Å². The minimum atomic E-state index is -0.213. The fraction of sp³-hybridized carbons (Fsp3) is 0.211. The van der Waals surface area contributed by atoms with Crippen molar-refractivity contribution in [2.75, 3.05) is 6.61 Å². The molecule has 2 aromatic rings. The van der Waals surface area contributed by atoms with Crippen molar-refractivity contribution in [3.8, 4) is 5.75 Å². The van der Waals surface area contributed by atoms with Gasteiger partial charge in [0.2, 0.25) is 0 Å². The molecule has 4 heteroatoms. The van der Waals surface area contributed by atoms with Crippen LogP contribution in [-0.2, 0) is 17.6 Å². The molecule has 0 saturated carbocycles. The van der Waals surface area contributed by atoms with Crippen molar-refractivity contribution < 1.29 is 9.53 Å². The highest BCUT2D eigenvalue weighted by molar-refractivity contribution is 5.79. The number of hydrazine groups is 1. The molecule has 1 amide bonds. The summed E-state index contributed by atoms with van der Waals surface area (Å²) in [6.45, 7) is 2.08. The highest BCUT2D eigenvalue weighted by Crippen LogP contribution is 2.24. The fourth-order valence-corrected chi connectivity index (χ4v) is 2.54. The van der Waals surface area contributed by atoms with E-state index in [9.17, 15) is 4.79 Å². The summed E-state index contributed by atoms with van der Waals surface area (Å²) in [6.07, 6.45) is 3.94. The summed E-state index contributed by atoms with van der Waals surface area (Å²) < 4.78 is 5.48. The molecule has 0 unspecified atom stereocenters. The molecule has 0 spiro atoms. The maximum Gasteiger partial charge on any atom is 0.276 e. The molecule has 1 aliphatic rings. The number of nitrogens with one attached hydrogen (secondary N) is 2. The molecule has 0 atom stereocenters. The van der Waals surface area contributed by atoms with Crippen LogP contribution in [0.1, 0.15) is 23.6 Å². The summed E-state index contributed by atoms with van der Waals surface area (Å²) in [5.41, 5.74) is 10.2. The molecule has 1 aliphatic carbocycles. The summed E-state index contributed by atoms with van der Waals surface area (Å²) in [7, 11) is 0. The fourth-order valence-electron chi connectivity index (χ4n) is 2.54. The number of hydrogen-bond donors (Lipinski definition) is 2. The number of hydrogen-bond acceptors (Lipinski definition) is 3. The molecule has 23 heavy (non-hydrogen) atoms. The zero-order valence-electron chi connectivity index (χ0n) is 13.1. The van der Waals surface area contributed by atoms with Crippen molar-refractivity contribution >= 4 is 11.6 Å². The predicted molar refractivity (Wildman–Crippen MR) is 90.7 cm³/mol. The number of benzene rings is 2. The van der Waals surface area contributed by atoms with Crippen molar-refractivity contribution in [3.63, 3.8) is 0 Å². The van der Waals surface area contributed by atoms with Gasteiger partial charge in [-0.1, -0.05) is 49.4 Å². The molecule has 0 heterocycles. The average molecular weight is 308 g/mol. The Kier molecular flexibility index (Phi) is 4.62. The maximum atomic E-state index is 11.9. The zero-order chi connectivity index (χ0) is 16.1. The van der Waals surface area contributed by atoms with Crippen molar-refractivity contribution in [2.45, 2.75) is 19.8 Å². The molecule has 0 fully saturated rings. The van der Waals surface area contributed by atoms with Crippen LogP contribution in [0.3, 0.4) is 0 Å². The molecule has 0 bridgehead atoms. The van der Waals surface area contributed by atoms with Gasteiger partial charge in [0.25, 0.3) is 5.91 Å². The van der Waals surface area contributed by atoms with Gasteiger partial charge in [0, 0.05) is 5.56 Å². The quantitative estimate of drug-likeness (QED) is 0.807. The van der Waals surface area contributed by atoms with Crippen molar-refractivity contribution in [3.05, 3.63) is 71.3 Å². The van der Waals surface area contributed by atoms with Crippen LogP contribution in [0, 0.1) is 0 Å². The molecule has 2 N–H and O–H groups in total. The SMILES string of the molecule is CCc1ccc(OCC(=O)NNC2=CCc3ccccc32)cc1. The summed E-state index contributed by atoms with van der Waals surface area (Å²) in [4.78, 5) is 11.9. The van der Waals surface area contributed by atoms with Gasteiger partial charge in [0.05, 0.1) is 5.70 Å². The van der Waals surface area contributed by atoms with Gasteiger partial charge in [0.15, 0.2) is 6.61 Å². The predicted octanol–water partition coefficient (Wildman–Crippen LogP) is 2.85. The summed E-state index contributed by atoms with van der Waals surface area (Å²) in [6, 6.07) is 15.9. The Morgan fingerprint density at radius 1 is 1.13 bits per heavy atom. The first-order chi connectivity index (χ1) is 11.3. The normalized spacial score (nSPS) is 12.3. The van der Waals surface area contributed by atoms with Crippen LogP contribution < -0.4 is 15.6 Å². The van der Waals surface area contributed by atoms with Crippen molar-refractivity contribution in [1.82, 2.24) is 10.9 Å². The lowest BCUT2D eigenvalue weighted by molar-refractivity contribution is -0.123. The van der Waals surface area contributed by atoms with E-state index >= 15 is 0 Å². The zero-order valence-corrected chi connectivity index (χ0v) is 13.1. The lowest BCUT2D eigenvalue weighted by Gasteiger charge is -2.11. The van der Waals surface area contributed by atoms with Gasteiger partial charge >= 0.3 is 0 Å². The van der Waals surface area contributed by atoms with E-state index in [1.54, 1.807) is 0 Å². The topological polar surface area (TPSA) is 50.4 Å². The van der Waals surface area contributed by atoms with Gasteiger partial charge in [-0.2, -0.15) is 0 Å². The Bertz CT molecular complexity index is 720. The van der Waals surface area contributed by atoms with Crippen molar-refractivity contribution in [1.29, 1.82) is 0 Å². The minimum absolute atomic E-state index is 0.0204. The van der Waals surface area contributed by atoms with E-state index < -0.39 is 0 Å². The van der Waals surface area contributed by atoms with E-state index in [2.05, 4.69) is 29.9 Å². The molecule has 118 valence electrons. The van der Waals surface area contributed by atoms with Crippen LogP contribution in [0.15, 0.2) is 54.6 Å². The molecule has 0 aromatic heterocycles. The molecule has 2 aromatic carbocycles. The lowest BCUT2D eigenvalue weighted by Crippen LogP contribution is -2.39. The third kappa shape index (κ3) is 3.72. The Morgan fingerprint density at radius 2 is 1.91 bits per heavy atom. The highest BCUT2D eigenvalue weighted by atomic mass is 16.5. The third-order valence-electron chi connectivity index (χ3n) is 3.87. The third-order valence-corrected chi connectivity index (χ3v) is 3.87. The van der Waals surface area contributed by atoms with Crippen LogP contribution in [0.5, 0.6) is 5.75 Å². The Morgan fingerprint density at radius 3 is 2.70 bits per heavy atom. The maximum absolute atomic E-state index is 11.9. The van der Waals surface area contributed by atoms with Crippen molar-refractivity contribution in [2.24, 2.45) is 0 Å². The number of allylic oxidation sites excluding steroid dienone is 1. The van der Waals surface area contributed by atoms with Gasteiger partial charge in [-0.05, 0) is 36.1 Å². The molecule has 4 nitrogen and oxygen atoms in total. The number of aryl methyl sites for hydroxylation is 1. The molecular weight excluding hydrogens is 288 g/mol. The van der Waals surface area contributed by atoms with E-state index in [1.165, 1.54) is 11.1 Å². The van der Waals surface area contributed by atoms with Gasteiger partial charge in [-0.25, -0.2) is 0 Å². The second-order valence-electron chi connectivity index (χ2n) is 5.44. The second kappa shape index (κ2) is 7.01. The monoisotopic (exact) mass is 308 g/mol. The standard InChI is InChI=1S/C19H20N2O2/c1-2-14-7-10-16(11-8-14)23-13-19(22)21-20-18-12-9-15-5-3-4-6-17(15)18/h3-8,10-12,20H,2,9,13H2,1H3,(H,21,22). The van der Waals surface area contributed by atoms with E-state index in [-0.39, 0.29) is 12.5 Å². The summed E-state index contributed by atoms with van der Waals surface area (Å²) in [5, 5.41) is 0. The van der Waals surface area contributed by atoms with Gasteiger partial charge < -0.3 is 4.74 Å². The number of fused-ring (bicyclic) bond motifs is 1. The first-order valence-corrected chi connectivity index (χ1v) is 7.81. The largest absolute Gasteiger partial charge is 0.484 e. The molecule has 0 saturated heterocycles. The van der Waals surface area contributed by atoms with Gasteiger partial charge in [-0.15, -0.1) is 0 Å². The molecule has 0 aliphatic heterocycles. The van der Waals surface area contributed by atoms with E-state index in [0.717, 1.165) is 24.1 Å². The highest BCUT2D eigenvalue weighted by Gasteiger charge is 2.13. The molecule has 3 rings (SSSR count). The first kappa shape index (κ1) is 15.2. The number of carbonyl (C=O) groups is 1. The summed E-state index contributed by atoms with van der Waals surface area (Å²) in [5.74, 6) is 0.484. The van der Waals surface area contributed by atoms with Crippen LogP contribution in [0.25, 0.3) is 5.70 Å². The number of ether oxygens (including phenoxy) is 1. The van der Waals surface area contributed by atoms with E-state index in [4.69, 9.17) is 4.74 Å². The Hall–Kier alpha value is -2.75. The van der Waals surface area contributed by atoms with E-state index in [0.29, 0.717) is 5.75 Å². The average Bonchev–Trinajstić information content (AvgIpc) is 3.02. The summed E-state index contributed by atoms with van der Waals surface area (Å²) >= 11 is 0. The van der Waals surface area contributed by atoms with Crippen LogP contribution in [-0.4, -0.2) is 12.5 Å². The molecular formula is C19H20N2O2. The smallest absolute Gasteiger partial charge is 0.276 e. The Balaban J connectivity index is 1.47. The van der Waals surface area contributed by atoms with Crippen LogP contribution in [0.2, 0.25) is 0 Å². The number of amides is 1. The van der Waals surface area contributed by atoms with Crippen LogP contribution >= 0.6 is 0 Å². The van der Waals surface area contributed by atoms with Gasteiger partial charge in [-0.3, -0.25) is 15.6 Å². The Labute approximate surface area is 136 Å². The molecule has 0 radical (unpaired) electrons. The minimum Gasteiger partial charge on any atom is -0.484 e.